The van der Waals surface area contributed by atoms with Gasteiger partial charge in [0.2, 0.25) is 5.95 Å². The zero-order valence-corrected chi connectivity index (χ0v) is 18.6. The number of aromatic nitrogens is 1. The summed E-state index contributed by atoms with van der Waals surface area (Å²) in [7, 11) is 0. The Hall–Kier alpha value is -4.08. The van der Waals surface area contributed by atoms with Crippen LogP contribution in [0.4, 0.5) is 18.9 Å². The van der Waals surface area contributed by atoms with Crippen molar-refractivity contribution in [3.8, 4) is 22.6 Å². The number of ether oxygens (including phenoxy) is 2. The molecule has 1 fully saturated rings. The predicted octanol–water partition coefficient (Wildman–Crippen LogP) is 3.96. The number of benzene rings is 2. The van der Waals surface area contributed by atoms with Crippen LogP contribution in [0, 0.1) is 30.4 Å². The number of pyridine rings is 1. The van der Waals surface area contributed by atoms with Gasteiger partial charge in [-0.1, -0.05) is 6.07 Å². The molecule has 2 aliphatic heterocycles. The van der Waals surface area contributed by atoms with Crippen molar-refractivity contribution in [2.24, 2.45) is 5.92 Å². The lowest BCUT2D eigenvalue weighted by atomic mass is 9.99. The smallest absolute Gasteiger partial charge is 0.262 e. The average Bonchev–Trinajstić information content (AvgIpc) is 2.78. The Labute approximate surface area is 198 Å². The first-order valence-electron chi connectivity index (χ1n) is 10.9. The Bertz CT molecular complexity index is 1340. The molecule has 180 valence electrons. The zero-order valence-electron chi connectivity index (χ0n) is 18.6. The number of carbonyl (C=O) groups excluding carboxylic acids is 2. The van der Waals surface area contributed by atoms with Crippen molar-refractivity contribution in [2.45, 2.75) is 6.92 Å². The van der Waals surface area contributed by atoms with Gasteiger partial charge in [0.25, 0.3) is 11.8 Å². The van der Waals surface area contributed by atoms with E-state index < -0.39 is 23.5 Å². The highest BCUT2D eigenvalue weighted by Crippen LogP contribution is 2.32. The molecule has 2 aromatic carbocycles. The quantitative estimate of drug-likeness (QED) is 0.556. The number of aryl methyl sites for hydroxylation is 1. The van der Waals surface area contributed by atoms with Gasteiger partial charge in [-0.15, -0.1) is 0 Å². The van der Waals surface area contributed by atoms with Gasteiger partial charge in [0.1, 0.15) is 11.6 Å². The third-order valence-corrected chi connectivity index (χ3v) is 5.95. The first-order valence-corrected chi connectivity index (χ1v) is 10.9. The molecule has 1 saturated heterocycles. The third kappa shape index (κ3) is 4.51. The lowest BCUT2D eigenvalue weighted by Gasteiger charge is -2.39. The van der Waals surface area contributed by atoms with Gasteiger partial charge in [0, 0.05) is 36.3 Å². The van der Waals surface area contributed by atoms with E-state index in [1.165, 1.54) is 29.2 Å². The van der Waals surface area contributed by atoms with Crippen LogP contribution in [-0.2, 0) is 4.79 Å². The highest BCUT2D eigenvalue weighted by Gasteiger charge is 2.34. The molecule has 0 radical (unpaired) electrons. The van der Waals surface area contributed by atoms with Crippen molar-refractivity contribution >= 4 is 17.5 Å². The zero-order chi connectivity index (χ0) is 24.7. The number of nitrogens with zero attached hydrogens (tertiary/aromatic N) is 2. The van der Waals surface area contributed by atoms with Crippen molar-refractivity contribution in [3.05, 3.63) is 71.3 Å². The Morgan fingerprint density at radius 1 is 1.14 bits per heavy atom. The highest BCUT2D eigenvalue weighted by molar-refractivity contribution is 6.00. The Kier molecular flexibility index (Phi) is 5.80. The molecular formula is C25H20F3N3O4. The molecule has 5 rings (SSSR count). The molecule has 3 aromatic rings. The summed E-state index contributed by atoms with van der Waals surface area (Å²) in [5, 5.41) is 2.55. The molecule has 0 spiro atoms. The molecule has 35 heavy (non-hydrogen) atoms. The SMILES string of the molecule is Cc1nc(F)ccc1-c1ccc(OCC2CN(C(=O)c3cc4c(cc3F)OCC(=O)N4)C2)c(F)c1. The van der Waals surface area contributed by atoms with Crippen LogP contribution in [-0.4, -0.2) is 48.0 Å². The van der Waals surface area contributed by atoms with Crippen molar-refractivity contribution in [3.63, 3.8) is 0 Å². The van der Waals surface area contributed by atoms with Crippen LogP contribution in [0.3, 0.4) is 0 Å². The number of nitrogens with one attached hydrogen (secondary N) is 1. The molecule has 10 heteroatoms. The maximum absolute atomic E-state index is 14.6. The number of carbonyl (C=O) groups is 2. The van der Waals surface area contributed by atoms with Gasteiger partial charge in [-0.3, -0.25) is 9.59 Å². The standard InChI is InChI=1S/C25H20F3N3O4/c1-13-16(3-5-23(28)29-13)15-2-4-21(19(27)6-15)34-11-14-9-31(10-14)25(33)17-7-20-22(8-18(17)26)35-12-24(32)30-20/h2-8,14H,9-12H2,1H3,(H,30,32). The van der Waals surface area contributed by atoms with E-state index in [1.54, 1.807) is 19.1 Å². The summed E-state index contributed by atoms with van der Waals surface area (Å²) in [5.74, 6) is -2.62. The van der Waals surface area contributed by atoms with E-state index in [2.05, 4.69) is 10.3 Å². The van der Waals surface area contributed by atoms with E-state index in [9.17, 15) is 22.8 Å². The number of fused-ring (bicyclic) bond motifs is 1. The van der Waals surface area contributed by atoms with E-state index in [0.717, 1.165) is 6.07 Å². The normalized spacial score (nSPS) is 15.1. The molecule has 2 amide bonds. The molecular weight excluding hydrogens is 463 g/mol. The summed E-state index contributed by atoms with van der Waals surface area (Å²) in [4.78, 5) is 29.4. The van der Waals surface area contributed by atoms with Gasteiger partial charge in [-0.25, -0.2) is 13.8 Å². The van der Waals surface area contributed by atoms with Crippen LogP contribution in [0.1, 0.15) is 16.1 Å². The molecule has 1 N–H and O–H groups in total. The van der Waals surface area contributed by atoms with E-state index in [0.29, 0.717) is 29.9 Å². The second kappa shape index (κ2) is 8.94. The Morgan fingerprint density at radius 3 is 2.69 bits per heavy atom. The van der Waals surface area contributed by atoms with Crippen molar-refractivity contribution in [1.82, 2.24) is 9.88 Å². The number of anilines is 1. The fraction of sp³-hybridized carbons (Fsp3) is 0.240. The van der Waals surface area contributed by atoms with Gasteiger partial charge < -0.3 is 19.7 Å². The van der Waals surface area contributed by atoms with Crippen LogP contribution < -0.4 is 14.8 Å². The average molecular weight is 483 g/mol. The maximum Gasteiger partial charge on any atom is 0.262 e. The number of hydrogen-bond donors (Lipinski definition) is 1. The fourth-order valence-electron chi connectivity index (χ4n) is 4.11. The number of rotatable bonds is 5. The highest BCUT2D eigenvalue weighted by atomic mass is 19.1. The van der Waals surface area contributed by atoms with Gasteiger partial charge >= 0.3 is 0 Å². The van der Waals surface area contributed by atoms with E-state index in [4.69, 9.17) is 9.47 Å². The molecule has 0 unspecified atom stereocenters. The molecule has 2 aliphatic rings. The molecule has 0 bridgehead atoms. The lowest BCUT2D eigenvalue weighted by Crippen LogP contribution is -2.52. The number of amides is 2. The summed E-state index contributed by atoms with van der Waals surface area (Å²) >= 11 is 0. The third-order valence-electron chi connectivity index (χ3n) is 5.95. The van der Waals surface area contributed by atoms with Crippen LogP contribution in [0.15, 0.2) is 42.5 Å². The fourth-order valence-corrected chi connectivity index (χ4v) is 4.11. The first-order chi connectivity index (χ1) is 16.8. The lowest BCUT2D eigenvalue weighted by molar-refractivity contribution is -0.118. The topological polar surface area (TPSA) is 80.8 Å². The summed E-state index contributed by atoms with van der Waals surface area (Å²) in [6.45, 7) is 2.24. The Morgan fingerprint density at radius 2 is 1.94 bits per heavy atom. The largest absolute Gasteiger partial charge is 0.490 e. The Balaban J connectivity index is 1.18. The monoisotopic (exact) mass is 483 g/mol. The van der Waals surface area contributed by atoms with E-state index in [-0.39, 0.29) is 47.8 Å². The summed E-state index contributed by atoms with van der Waals surface area (Å²) in [5.41, 5.74) is 1.69. The minimum absolute atomic E-state index is 0.0507. The minimum atomic E-state index is -0.738. The first kappa shape index (κ1) is 22.7. The number of likely N-dealkylation sites (tertiary alicyclic amines) is 1. The minimum Gasteiger partial charge on any atom is -0.490 e. The second-order valence-electron chi connectivity index (χ2n) is 8.46. The van der Waals surface area contributed by atoms with Crippen molar-refractivity contribution < 1.29 is 32.2 Å². The number of hydrogen-bond acceptors (Lipinski definition) is 5. The van der Waals surface area contributed by atoms with Crippen molar-refractivity contribution in [2.75, 3.05) is 31.6 Å². The van der Waals surface area contributed by atoms with Crippen LogP contribution in [0.25, 0.3) is 11.1 Å². The van der Waals surface area contributed by atoms with Crippen LogP contribution in [0.5, 0.6) is 11.5 Å². The van der Waals surface area contributed by atoms with Gasteiger partial charge in [0.15, 0.2) is 18.2 Å². The summed E-state index contributed by atoms with van der Waals surface area (Å²) in [6.07, 6.45) is 0. The van der Waals surface area contributed by atoms with E-state index >= 15 is 0 Å². The molecule has 7 nitrogen and oxygen atoms in total. The molecule has 0 atom stereocenters. The predicted molar refractivity (Wildman–Crippen MR) is 120 cm³/mol. The van der Waals surface area contributed by atoms with Gasteiger partial charge in [-0.05, 0) is 42.8 Å². The van der Waals surface area contributed by atoms with Crippen molar-refractivity contribution in [1.29, 1.82) is 0 Å². The maximum atomic E-state index is 14.6. The van der Waals surface area contributed by atoms with Crippen LogP contribution in [0.2, 0.25) is 0 Å². The molecule has 0 aliphatic carbocycles. The van der Waals surface area contributed by atoms with E-state index in [1.807, 2.05) is 0 Å². The molecule has 1 aromatic heterocycles. The molecule has 3 heterocycles. The summed E-state index contributed by atoms with van der Waals surface area (Å²) in [6, 6.07) is 9.57. The summed E-state index contributed by atoms with van der Waals surface area (Å²) < 4.78 is 53.0. The van der Waals surface area contributed by atoms with Gasteiger partial charge in [-0.2, -0.15) is 4.39 Å². The molecule has 0 saturated carbocycles. The van der Waals surface area contributed by atoms with Gasteiger partial charge in [0.05, 0.1) is 17.9 Å². The second-order valence-corrected chi connectivity index (χ2v) is 8.46. The number of halogens is 3. The van der Waals surface area contributed by atoms with Crippen LogP contribution >= 0.6 is 0 Å².